The number of nitrogens with one attached hydrogen (secondary N) is 1. The topological polar surface area (TPSA) is 93.4 Å². The molecule has 1 aliphatic rings. The van der Waals surface area contributed by atoms with Gasteiger partial charge in [0.15, 0.2) is 0 Å². The van der Waals surface area contributed by atoms with E-state index in [9.17, 15) is 14.0 Å². The molecule has 1 aromatic rings. The SMILES string of the molecule is N#Cc1cc(NC(=O)N2CSC[C@H]2C(=O)O)ccc1F. The fourth-order valence-electron chi connectivity index (χ4n) is 1.73. The van der Waals surface area contributed by atoms with E-state index in [2.05, 4.69) is 5.32 Å². The Morgan fingerprint density at radius 3 is 2.95 bits per heavy atom. The summed E-state index contributed by atoms with van der Waals surface area (Å²) >= 11 is 1.34. The first-order chi connectivity index (χ1) is 9.52. The van der Waals surface area contributed by atoms with E-state index < -0.39 is 23.9 Å². The molecule has 0 spiro atoms. The summed E-state index contributed by atoms with van der Waals surface area (Å²) in [5, 5.41) is 20.2. The van der Waals surface area contributed by atoms with Crippen molar-refractivity contribution in [3.05, 3.63) is 29.6 Å². The van der Waals surface area contributed by atoms with E-state index in [1.807, 2.05) is 0 Å². The molecule has 0 radical (unpaired) electrons. The normalized spacial score (nSPS) is 17.6. The van der Waals surface area contributed by atoms with Crippen LogP contribution < -0.4 is 5.32 Å². The van der Waals surface area contributed by atoms with Gasteiger partial charge in [0.2, 0.25) is 0 Å². The molecule has 2 N–H and O–H groups in total. The number of carboxylic acids is 1. The van der Waals surface area contributed by atoms with E-state index in [0.717, 1.165) is 6.07 Å². The highest BCUT2D eigenvalue weighted by Gasteiger charge is 2.34. The van der Waals surface area contributed by atoms with Gasteiger partial charge in [-0.15, -0.1) is 11.8 Å². The maximum atomic E-state index is 13.1. The summed E-state index contributed by atoms with van der Waals surface area (Å²) < 4.78 is 13.1. The Bertz CT molecular complexity index is 602. The molecule has 0 saturated carbocycles. The maximum Gasteiger partial charge on any atom is 0.327 e. The van der Waals surface area contributed by atoms with Crippen LogP contribution in [0.15, 0.2) is 18.2 Å². The molecule has 8 heteroatoms. The van der Waals surface area contributed by atoms with Crippen LogP contribution >= 0.6 is 11.8 Å². The Hall–Kier alpha value is -2.27. The van der Waals surface area contributed by atoms with Gasteiger partial charge in [0, 0.05) is 11.4 Å². The quantitative estimate of drug-likeness (QED) is 0.866. The number of nitriles is 1. The molecule has 2 amide bonds. The van der Waals surface area contributed by atoms with Crippen LogP contribution in [-0.4, -0.2) is 39.7 Å². The lowest BCUT2D eigenvalue weighted by Crippen LogP contribution is -2.43. The van der Waals surface area contributed by atoms with Gasteiger partial charge >= 0.3 is 12.0 Å². The number of hydrogen-bond acceptors (Lipinski definition) is 4. The van der Waals surface area contributed by atoms with Crippen LogP contribution in [0.4, 0.5) is 14.9 Å². The largest absolute Gasteiger partial charge is 0.480 e. The summed E-state index contributed by atoms with van der Waals surface area (Å²) in [5.74, 6) is -1.14. The molecule has 0 bridgehead atoms. The van der Waals surface area contributed by atoms with Crippen molar-refractivity contribution >= 4 is 29.4 Å². The van der Waals surface area contributed by atoms with Gasteiger partial charge in [-0.25, -0.2) is 14.0 Å². The number of carbonyl (C=O) groups excluding carboxylic acids is 1. The van der Waals surface area contributed by atoms with Crippen LogP contribution in [-0.2, 0) is 4.79 Å². The minimum Gasteiger partial charge on any atom is -0.480 e. The van der Waals surface area contributed by atoms with Crippen LogP contribution in [0, 0.1) is 17.1 Å². The molecule has 1 fully saturated rings. The summed E-state index contributed by atoms with van der Waals surface area (Å²) in [4.78, 5) is 24.1. The summed E-state index contributed by atoms with van der Waals surface area (Å²) in [6.07, 6.45) is 0. The number of benzene rings is 1. The Kier molecular flexibility index (Phi) is 4.10. The highest BCUT2D eigenvalue weighted by molar-refractivity contribution is 7.99. The molecule has 2 rings (SSSR count). The van der Waals surface area contributed by atoms with E-state index in [-0.39, 0.29) is 17.1 Å². The van der Waals surface area contributed by atoms with Gasteiger partial charge in [-0.05, 0) is 18.2 Å². The third kappa shape index (κ3) is 2.83. The minimum atomic E-state index is -1.07. The third-order valence-corrected chi connectivity index (χ3v) is 3.78. The fraction of sp³-hybridized carbons (Fsp3) is 0.250. The second-order valence-electron chi connectivity index (χ2n) is 4.06. The van der Waals surface area contributed by atoms with E-state index in [4.69, 9.17) is 10.4 Å². The zero-order valence-corrected chi connectivity index (χ0v) is 11.0. The van der Waals surface area contributed by atoms with Gasteiger partial charge in [0.25, 0.3) is 0 Å². The predicted molar refractivity (Wildman–Crippen MR) is 70.7 cm³/mol. The number of thioether (sulfide) groups is 1. The molecule has 0 unspecified atom stereocenters. The molecule has 0 aromatic heterocycles. The highest BCUT2D eigenvalue weighted by Crippen LogP contribution is 2.22. The average Bonchev–Trinajstić information content (AvgIpc) is 2.90. The first-order valence-corrected chi connectivity index (χ1v) is 6.76. The molecule has 1 aromatic carbocycles. The average molecular weight is 295 g/mol. The summed E-state index contributed by atoms with van der Waals surface area (Å²) in [7, 11) is 0. The zero-order chi connectivity index (χ0) is 14.7. The Morgan fingerprint density at radius 2 is 2.30 bits per heavy atom. The lowest BCUT2D eigenvalue weighted by Gasteiger charge is -2.20. The molecule has 1 atom stereocenters. The Morgan fingerprint density at radius 1 is 1.55 bits per heavy atom. The smallest absolute Gasteiger partial charge is 0.327 e. The third-order valence-electron chi connectivity index (χ3n) is 2.77. The number of urea groups is 1. The number of nitrogens with zero attached hydrogens (tertiary/aromatic N) is 2. The number of aliphatic carboxylic acids is 1. The fourth-order valence-corrected chi connectivity index (χ4v) is 2.88. The molecule has 0 aliphatic carbocycles. The Balaban J connectivity index is 2.12. The number of carbonyl (C=O) groups is 2. The van der Waals surface area contributed by atoms with Gasteiger partial charge in [0.05, 0.1) is 11.4 Å². The van der Waals surface area contributed by atoms with Crippen LogP contribution in [0.2, 0.25) is 0 Å². The summed E-state index contributed by atoms with van der Waals surface area (Å²) in [6, 6.07) is 3.79. The molecule has 20 heavy (non-hydrogen) atoms. The van der Waals surface area contributed by atoms with Crippen molar-refractivity contribution in [3.63, 3.8) is 0 Å². The van der Waals surface area contributed by atoms with Crippen molar-refractivity contribution in [2.75, 3.05) is 16.9 Å². The first-order valence-electron chi connectivity index (χ1n) is 5.60. The maximum absolute atomic E-state index is 13.1. The summed E-state index contributed by atoms with van der Waals surface area (Å²) in [5.41, 5.74) is 0.0578. The molecule has 1 aliphatic heterocycles. The number of rotatable bonds is 2. The van der Waals surface area contributed by atoms with Crippen molar-refractivity contribution in [2.24, 2.45) is 0 Å². The number of hydrogen-bond donors (Lipinski definition) is 2. The summed E-state index contributed by atoms with van der Waals surface area (Å²) in [6.45, 7) is 0. The Labute approximate surface area is 118 Å². The van der Waals surface area contributed by atoms with E-state index in [0.29, 0.717) is 5.75 Å². The number of amides is 2. The number of anilines is 1. The van der Waals surface area contributed by atoms with E-state index >= 15 is 0 Å². The lowest BCUT2D eigenvalue weighted by molar-refractivity contribution is -0.140. The van der Waals surface area contributed by atoms with Crippen LogP contribution in [0.3, 0.4) is 0 Å². The number of halogens is 1. The molecule has 6 nitrogen and oxygen atoms in total. The minimum absolute atomic E-state index is 0.187. The second kappa shape index (κ2) is 5.79. The van der Waals surface area contributed by atoms with Gasteiger partial charge < -0.3 is 15.3 Å². The molecule has 1 heterocycles. The molecular weight excluding hydrogens is 285 g/mol. The molecule has 1 saturated heterocycles. The zero-order valence-electron chi connectivity index (χ0n) is 10.2. The number of carboxylic acid groups (broad SMARTS) is 1. The van der Waals surface area contributed by atoms with Crippen molar-refractivity contribution in [1.82, 2.24) is 4.90 Å². The highest BCUT2D eigenvalue weighted by atomic mass is 32.2. The van der Waals surface area contributed by atoms with Crippen molar-refractivity contribution in [1.29, 1.82) is 5.26 Å². The van der Waals surface area contributed by atoms with Gasteiger partial charge in [-0.2, -0.15) is 5.26 Å². The lowest BCUT2D eigenvalue weighted by atomic mass is 10.2. The van der Waals surface area contributed by atoms with Crippen LogP contribution in [0.25, 0.3) is 0 Å². The van der Waals surface area contributed by atoms with E-state index in [1.54, 1.807) is 6.07 Å². The standard InChI is InChI=1S/C12H10FN3O3S/c13-9-2-1-8(3-7(9)4-14)15-12(19)16-6-20-5-10(16)11(17)18/h1-3,10H,5-6H2,(H,15,19)(H,17,18)/t10-/m0/s1. The van der Waals surface area contributed by atoms with Crippen LogP contribution in [0.5, 0.6) is 0 Å². The monoisotopic (exact) mass is 295 g/mol. The van der Waals surface area contributed by atoms with Crippen LogP contribution in [0.1, 0.15) is 5.56 Å². The van der Waals surface area contributed by atoms with Crippen molar-refractivity contribution in [2.45, 2.75) is 6.04 Å². The van der Waals surface area contributed by atoms with Gasteiger partial charge in [-0.3, -0.25) is 0 Å². The molecular formula is C12H10FN3O3S. The van der Waals surface area contributed by atoms with E-state index in [1.165, 1.54) is 28.8 Å². The first kappa shape index (κ1) is 14.1. The van der Waals surface area contributed by atoms with Crippen molar-refractivity contribution in [3.8, 4) is 6.07 Å². The van der Waals surface area contributed by atoms with Gasteiger partial charge in [0.1, 0.15) is 17.9 Å². The van der Waals surface area contributed by atoms with Crippen molar-refractivity contribution < 1.29 is 19.1 Å². The second-order valence-corrected chi connectivity index (χ2v) is 5.06. The predicted octanol–water partition coefficient (Wildman–Crippen LogP) is 1.69. The molecule has 104 valence electrons. The van der Waals surface area contributed by atoms with Gasteiger partial charge in [-0.1, -0.05) is 0 Å².